The zero-order valence-electron chi connectivity index (χ0n) is 41.3. The van der Waals surface area contributed by atoms with Crippen LogP contribution in [0.2, 0.25) is 0 Å². The third-order valence-corrected chi connectivity index (χ3v) is 14.0. The molecule has 1 aliphatic rings. The van der Waals surface area contributed by atoms with Crippen LogP contribution >= 0.6 is 15.6 Å². The number of aliphatic hydroxyl groups is 4. The van der Waals surface area contributed by atoms with Gasteiger partial charge in [0.2, 0.25) is 0 Å². The average Bonchev–Trinajstić information content (AvgIpc) is 3.59. The van der Waals surface area contributed by atoms with Crippen molar-refractivity contribution in [3.8, 4) is 0 Å². The summed E-state index contributed by atoms with van der Waals surface area (Å²) in [7, 11) is -10.9. The van der Waals surface area contributed by atoms with Crippen molar-refractivity contribution in [3.05, 3.63) is 59.2 Å². The van der Waals surface area contributed by atoms with Gasteiger partial charge in [-0.05, 0) is 76.7 Å². The predicted molar refractivity (Wildman–Crippen MR) is 264 cm³/mol. The van der Waals surface area contributed by atoms with Gasteiger partial charge in [-0.2, -0.15) is 9.29 Å². The molecule has 0 bridgehead atoms. The van der Waals surface area contributed by atoms with Crippen LogP contribution < -0.4 is 11.4 Å². The molecule has 0 saturated carbocycles. The number of anilines is 1. The van der Waals surface area contributed by atoms with Gasteiger partial charge >= 0.3 is 33.3 Å². The maximum atomic E-state index is 12.8. The first-order valence-corrected chi connectivity index (χ1v) is 28.2. The third-order valence-electron chi connectivity index (χ3n) is 11.4. The van der Waals surface area contributed by atoms with Crippen LogP contribution in [0.15, 0.2) is 53.5 Å². The largest absolute Gasteiger partial charge is 0.481 e. The smallest absolute Gasteiger partial charge is 0.462 e. The number of allylic oxidation sites excluding steroid dienone is 5. The van der Waals surface area contributed by atoms with E-state index in [0.29, 0.717) is 38.5 Å². The van der Waals surface area contributed by atoms with Crippen LogP contribution in [-0.2, 0) is 46.3 Å². The minimum atomic E-state index is -5.45. The molecule has 0 spiro atoms. The molecule has 9 atom stereocenters. The predicted octanol–water partition coefficient (Wildman–Crippen LogP) is 7.94. The van der Waals surface area contributed by atoms with E-state index in [1.807, 2.05) is 12.2 Å². The molecule has 0 radical (unpaired) electrons. The highest BCUT2D eigenvalue weighted by Gasteiger charge is 2.46. The average molecular weight is 1040 g/mol. The molecular weight excluding hydrogens is 952 g/mol. The number of aromatic nitrogens is 2. The van der Waals surface area contributed by atoms with Gasteiger partial charge in [-0.15, -0.1) is 0 Å². The van der Waals surface area contributed by atoms with Gasteiger partial charge in [0, 0.05) is 19.0 Å². The lowest BCUT2D eigenvalue weighted by molar-refractivity contribution is -0.161. The molecule has 1 saturated heterocycles. The first kappa shape index (κ1) is 63.0. The number of phosphoric ester groups is 2. The molecule has 20 nitrogen and oxygen atoms in total. The maximum Gasteiger partial charge on any atom is 0.481 e. The van der Waals surface area contributed by atoms with Crippen LogP contribution in [0.4, 0.5) is 5.82 Å². The number of aliphatic hydroxyl groups excluding tert-OH is 4. The summed E-state index contributed by atoms with van der Waals surface area (Å²) in [5.74, 6) is -1.43. The first-order valence-electron chi connectivity index (χ1n) is 25.2. The Morgan fingerprint density at radius 1 is 0.743 bits per heavy atom. The molecule has 2 unspecified atom stereocenters. The second-order valence-corrected chi connectivity index (χ2v) is 20.7. The number of hydrogen-bond acceptors (Lipinski definition) is 17. The Hall–Kier alpha value is -3.10. The number of carbonyl (C=O) groups excluding carboxylic acids is 2. The SMILES string of the molecule is CCCCC/C=C\C/C=C\CCCCCCCC(=O)O[C@H](COC(=O)CCCCCCC[C@@H](O)[C@H](O)C/C=C\CCCCC)COP(=O)(O)OP(=O)(O)OC[C@H]1O[C@@H](n2ccc(N)nc2=O)[C@H](O)[C@@H]1O. The summed E-state index contributed by atoms with van der Waals surface area (Å²) in [5, 5.41) is 41.4. The summed E-state index contributed by atoms with van der Waals surface area (Å²) < 4.78 is 56.6. The fourth-order valence-corrected chi connectivity index (χ4v) is 9.42. The molecule has 0 aromatic carbocycles. The van der Waals surface area contributed by atoms with Gasteiger partial charge in [0.15, 0.2) is 12.3 Å². The van der Waals surface area contributed by atoms with Crippen LogP contribution in [0.5, 0.6) is 0 Å². The zero-order chi connectivity index (χ0) is 51.6. The molecule has 8 N–H and O–H groups in total. The summed E-state index contributed by atoms with van der Waals surface area (Å²) >= 11 is 0. The highest BCUT2D eigenvalue weighted by Crippen LogP contribution is 2.60. The van der Waals surface area contributed by atoms with Crippen LogP contribution in [0.25, 0.3) is 0 Å². The second kappa shape index (κ2) is 36.8. The van der Waals surface area contributed by atoms with Gasteiger partial charge in [0.1, 0.15) is 30.7 Å². The molecule has 0 aliphatic carbocycles. The topological polar surface area (TPSA) is 306 Å². The molecule has 1 aromatic rings. The molecule has 0 amide bonds. The maximum absolute atomic E-state index is 12.8. The van der Waals surface area contributed by atoms with Gasteiger partial charge in [0.05, 0.1) is 25.4 Å². The Morgan fingerprint density at radius 3 is 1.93 bits per heavy atom. The van der Waals surface area contributed by atoms with E-state index in [-0.39, 0.29) is 18.7 Å². The Kier molecular flexibility index (Phi) is 33.1. The number of ether oxygens (including phenoxy) is 3. The number of unbranched alkanes of at least 4 members (excludes halogenated alkanes) is 15. The summed E-state index contributed by atoms with van der Waals surface area (Å²) in [6.07, 6.45) is 23.8. The molecule has 1 fully saturated rings. The lowest BCUT2D eigenvalue weighted by Crippen LogP contribution is -2.36. The number of nitrogen functional groups attached to an aromatic ring is 1. The van der Waals surface area contributed by atoms with Crippen molar-refractivity contribution in [1.82, 2.24) is 9.55 Å². The van der Waals surface area contributed by atoms with Crippen LogP contribution in [0, 0.1) is 0 Å². The van der Waals surface area contributed by atoms with E-state index in [0.717, 1.165) is 94.2 Å². The molecule has 2 heterocycles. The van der Waals surface area contributed by atoms with E-state index in [1.165, 1.54) is 25.3 Å². The van der Waals surface area contributed by atoms with Crippen LogP contribution in [0.1, 0.15) is 174 Å². The number of rotatable bonds is 41. The zero-order valence-corrected chi connectivity index (χ0v) is 43.1. The van der Waals surface area contributed by atoms with E-state index in [9.17, 15) is 53.7 Å². The lowest BCUT2D eigenvalue weighted by Gasteiger charge is -2.21. The van der Waals surface area contributed by atoms with Gasteiger partial charge in [-0.25, -0.2) is 13.9 Å². The Bertz CT molecular complexity index is 1850. The summed E-state index contributed by atoms with van der Waals surface area (Å²) in [5.41, 5.74) is 4.57. The van der Waals surface area contributed by atoms with Gasteiger partial charge in [-0.3, -0.25) is 23.2 Å². The van der Waals surface area contributed by atoms with E-state index >= 15 is 0 Å². The van der Waals surface area contributed by atoms with Crippen molar-refractivity contribution in [1.29, 1.82) is 0 Å². The molecule has 70 heavy (non-hydrogen) atoms. The summed E-state index contributed by atoms with van der Waals surface area (Å²) in [6, 6.07) is 1.24. The lowest BCUT2D eigenvalue weighted by atomic mass is 10.0. The van der Waals surface area contributed by atoms with Crippen molar-refractivity contribution in [2.75, 3.05) is 25.6 Å². The standard InChI is InChI=1S/C48H83N3O17P2/c1-3-5-7-9-11-12-13-14-15-16-17-18-19-23-28-32-44(55)66-38(35-63-43(54)31-27-24-20-22-26-30-40(53)39(52)29-25-21-10-8-6-4-2)36-64-69(59,60)68-70(61,62)65-37-41-45(56)46(57)47(67-41)51-34-33-42(49)50-48(51)58/h11-12,14-15,21,25,33-34,38-41,45-47,52-53,56-57H,3-10,13,16-20,22-24,26-32,35-37H2,1-2H3,(H,59,60)(H,61,62)(H2,49,50,58)/b12-11-,15-14-,25-21-/t38-,39-,40-,41-,45-,46-,47-/m1/s1. The van der Waals surface area contributed by atoms with E-state index in [4.69, 9.17) is 29.0 Å². The Morgan fingerprint density at radius 2 is 1.30 bits per heavy atom. The molecule has 1 aromatic heterocycles. The van der Waals surface area contributed by atoms with Crippen LogP contribution in [0.3, 0.4) is 0 Å². The van der Waals surface area contributed by atoms with Crippen molar-refractivity contribution in [3.63, 3.8) is 0 Å². The summed E-state index contributed by atoms with van der Waals surface area (Å²) in [4.78, 5) is 61.9. The van der Waals surface area contributed by atoms with Crippen molar-refractivity contribution < 1.29 is 76.5 Å². The van der Waals surface area contributed by atoms with Crippen molar-refractivity contribution in [2.24, 2.45) is 0 Å². The Balaban J connectivity index is 1.84. The number of nitrogens with two attached hydrogens (primary N) is 1. The van der Waals surface area contributed by atoms with Crippen molar-refractivity contribution >= 4 is 33.4 Å². The molecule has 2 rings (SSSR count). The van der Waals surface area contributed by atoms with Crippen LogP contribution in [-0.4, -0.2) is 108 Å². The second-order valence-electron chi connectivity index (χ2n) is 17.6. The minimum absolute atomic E-state index is 0.00217. The Labute approximate surface area is 413 Å². The number of hydrogen-bond donors (Lipinski definition) is 7. The molecule has 22 heteroatoms. The summed E-state index contributed by atoms with van der Waals surface area (Å²) in [6.45, 7) is 1.90. The minimum Gasteiger partial charge on any atom is -0.462 e. The molecular formula is C48H83N3O17P2. The fraction of sp³-hybridized carbons (Fsp3) is 0.750. The molecule has 402 valence electrons. The first-order chi connectivity index (χ1) is 33.5. The highest BCUT2D eigenvalue weighted by molar-refractivity contribution is 7.61. The number of phosphoric acid groups is 2. The van der Waals surface area contributed by atoms with Gasteiger partial charge in [-0.1, -0.05) is 121 Å². The number of esters is 2. The van der Waals surface area contributed by atoms with E-state index in [2.05, 4.69) is 47.4 Å². The molecule has 1 aliphatic heterocycles. The quantitative estimate of drug-likeness (QED) is 0.0142. The normalized spacial score (nSPS) is 20.5. The highest BCUT2D eigenvalue weighted by atomic mass is 31.3. The van der Waals surface area contributed by atoms with E-state index in [1.54, 1.807) is 0 Å². The monoisotopic (exact) mass is 1040 g/mol. The van der Waals surface area contributed by atoms with Gasteiger partial charge < -0.3 is 50.2 Å². The van der Waals surface area contributed by atoms with E-state index < -0.39 is 95.9 Å². The number of nitrogens with zero attached hydrogens (tertiary/aromatic N) is 2. The van der Waals surface area contributed by atoms with Crippen molar-refractivity contribution in [2.45, 2.75) is 211 Å². The number of carbonyl (C=O) groups is 2. The fourth-order valence-electron chi connectivity index (χ4n) is 7.31. The third kappa shape index (κ3) is 28.8. The van der Waals surface area contributed by atoms with Gasteiger partial charge in [0.25, 0.3) is 0 Å².